The van der Waals surface area contributed by atoms with E-state index in [-0.39, 0.29) is 0 Å². The van der Waals surface area contributed by atoms with Crippen LogP contribution < -0.4 is 5.32 Å². The molecule has 2 rings (SSSR count). The standard InChI is InChI=1S/C13H12N2O3S2/c1-2-19-13-15-9-4-3-8(7-10(9)20-13)14-11(16)5-6-12(17)18/h3-7H,2H2,1H3,(H,14,16)(H,17,18)/b6-5-. The normalized spacial score (nSPS) is 11.1. The Morgan fingerprint density at radius 1 is 1.45 bits per heavy atom. The number of benzene rings is 1. The molecule has 1 heterocycles. The predicted octanol–water partition coefficient (Wildman–Crippen LogP) is 2.99. The summed E-state index contributed by atoms with van der Waals surface area (Å²) in [7, 11) is 0. The fourth-order valence-corrected chi connectivity index (χ4v) is 3.50. The molecule has 0 spiro atoms. The van der Waals surface area contributed by atoms with Crippen LogP contribution in [0.3, 0.4) is 0 Å². The second kappa shape index (κ2) is 6.53. The van der Waals surface area contributed by atoms with E-state index in [0.29, 0.717) is 5.69 Å². The van der Waals surface area contributed by atoms with Crippen molar-refractivity contribution < 1.29 is 14.7 Å². The summed E-state index contributed by atoms with van der Waals surface area (Å²) < 4.78 is 1.98. The summed E-state index contributed by atoms with van der Waals surface area (Å²) in [5, 5.41) is 11.1. The number of hydrogen-bond acceptors (Lipinski definition) is 5. The van der Waals surface area contributed by atoms with Crippen LogP contribution in [-0.4, -0.2) is 27.7 Å². The number of anilines is 1. The monoisotopic (exact) mass is 308 g/mol. The second-order valence-corrected chi connectivity index (χ2v) is 6.30. The average Bonchev–Trinajstić information content (AvgIpc) is 2.78. The lowest BCUT2D eigenvalue weighted by molar-refractivity contribution is -0.131. The number of thioether (sulfide) groups is 1. The van der Waals surface area contributed by atoms with Gasteiger partial charge in [0.1, 0.15) is 0 Å². The molecule has 0 saturated heterocycles. The van der Waals surface area contributed by atoms with E-state index in [9.17, 15) is 9.59 Å². The van der Waals surface area contributed by atoms with Crippen LogP contribution in [-0.2, 0) is 9.59 Å². The summed E-state index contributed by atoms with van der Waals surface area (Å²) in [5.74, 6) is -0.664. The van der Waals surface area contributed by atoms with Crippen LogP contribution in [0, 0.1) is 0 Å². The van der Waals surface area contributed by atoms with E-state index in [0.717, 1.165) is 32.5 Å². The number of carboxylic acid groups (broad SMARTS) is 1. The molecule has 5 nitrogen and oxygen atoms in total. The van der Waals surface area contributed by atoms with Crippen LogP contribution in [0.1, 0.15) is 6.92 Å². The molecule has 0 unspecified atom stereocenters. The van der Waals surface area contributed by atoms with Gasteiger partial charge >= 0.3 is 5.97 Å². The number of aliphatic carboxylic acids is 1. The molecule has 0 aliphatic rings. The molecule has 2 aromatic rings. The Bertz CT molecular complexity index is 679. The Morgan fingerprint density at radius 2 is 2.25 bits per heavy atom. The summed E-state index contributed by atoms with van der Waals surface area (Å²) in [6.45, 7) is 2.07. The maximum Gasteiger partial charge on any atom is 0.328 e. The predicted molar refractivity (Wildman–Crippen MR) is 81.4 cm³/mol. The lowest BCUT2D eigenvalue weighted by Crippen LogP contribution is -2.08. The summed E-state index contributed by atoms with van der Waals surface area (Å²) in [6.07, 6.45) is 1.79. The van der Waals surface area contributed by atoms with Gasteiger partial charge < -0.3 is 10.4 Å². The number of rotatable bonds is 5. The highest BCUT2D eigenvalue weighted by atomic mass is 32.2. The van der Waals surface area contributed by atoms with Crippen LogP contribution in [0.4, 0.5) is 5.69 Å². The van der Waals surface area contributed by atoms with Crippen molar-refractivity contribution in [1.29, 1.82) is 0 Å². The highest BCUT2D eigenvalue weighted by molar-refractivity contribution is 8.01. The minimum atomic E-state index is -1.15. The van der Waals surface area contributed by atoms with Crippen molar-refractivity contribution in [2.75, 3.05) is 11.1 Å². The van der Waals surface area contributed by atoms with E-state index in [1.54, 1.807) is 29.2 Å². The first-order chi connectivity index (χ1) is 9.58. The van der Waals surface area contributed by atoms with Crippen molar-refractivity contribution >= 4 is 50.9 Å². The van der Waals surface area contributed by atoms with Gasteiger partial charge in [-0.25, -0.2) is 9.78 Å². The number of nitrogens with zero attached hydrogens (tertiary/aromatic N) is 1. The number of fused-ring (bicyclic) bond motifs is 1. The number of carbonyl (C=O) groups excluding carboxylic acids is 1. The van der Waals surface area contributed by atoms with E-state index in [1.807, 2.05) is 12.1 Å². The van der Waals surface area contributed by atoms with Gasteiger partial charge in [-0.15, -0.1) is 11.3 Å². The summed E-state index contributed by atoms with van der Waals surface area (Å²) in [4.78, 5) is 26.3. The van der Waals surface area contributed by atoms with Gasteiger partial charge in [0.2, 0.25) is 5.91 Å². The van der Waals surface area contributed by atoms with E-state index in [2.05, 4.69) is 17.2 Å². The molecule has 104 valence electrons. The third-order valence-electron chi connectivity index (χ3n) is 2.28. The van der Waals surface area contributed by atoms with Gasteiger partial charge in [-0.1, -0.05) is 18.7 Å². The summed E-state index contributed by atoms with van der Waals surface area (Å²) in [5.41, 5.74) is 1.51. The van der Waals surface area contributed by atoms with E-state index >= 15 is 0 Å². The molecule has 2 N–H and O–H groups in total. The van der Waals surface area contributed by atoms with Gasteiger partial charge in [0.05, 0.1) is 10.2 Å². The van der Waals surface area contributed by atoms with Crippen LogP contribution >= 0.6 is 23.1 Å². The zero-order valence-electron chi connectivity index (χ0n) is 10.6. The molecule has 1 aromatic carbocycles. The molecular weight excluding hydrogens is 296 g/mol. The average molecular weight is 308 g/mol. The van der Waals surface area contributed by atoms with Gasteiger partial charge in [-0.3, -0.25) is 4.79 Å². The van der Waals surface area contributed by atoms with Gasteiger partial charge in [0.25, 0.3) is 0 Å². The lowest BCUT2D eigenvalue weighted by Gasteiger charge is -2.00. The van der Waals surface area contributed by atoms with Gasteiger partial charge in [-0.05, 0) is 24.0 Å². The molecule has 0 fully saturated rings. The number of nitrogens with one attached hydrogen (secondary N) is 1. The SMILES string of the molecule is CCSc1nc2ccc(NC(=O)/C=C\C(=O)O)cc2s1. The smallest absolute Gasteiger partial charge is 0.328 e. The molecule has 0 aliphatic carbocycles. The molecule has 0 saturated carbocycles. The topological polar surface area (TPSA) is 79.3 Å². The quantitative estimate of drug-likeness (QED) is 0.655. The number of carboxylic acids is 1. The van der Waals surface area contributed by atoms with Crippen molar-refractivity contribution in [3.8, 4) is 0 Å². The first-order valence-electron chi connectivity index (χ1n) is 5.84. The highest BCUT2D eigenvalue weighted by Gasteiger charge is 2.06. The number of thiazole rings is 1. The van der Waals surface area contributed by atoms with Crippen molar-refractivity contribution in [2.45, 2.75) is 11.3 Å². The van der Waals surface area contributed by atoms with E-state index in [1.165, 1.54) is 0 Å². The second-order valence-electron chi connectivity index (χ2n) is 3.76. The van der Waals surface area contributed by atoms with E-state index < -0.39 is 11.9 Å². The Morgan fingerprint density at radius 3 is 2.95 bits per heavy atom. The number of aromatic nitrogens is 1. The Labute approximate surface area is 123 Å². The molecule has 0 atom stereocenters. The van der Waals surface area contributed by atoms with Crippen LogP contribution in [0.5, 0.6) is 0 Å². The molecular formula is C13H12N2O3S2. The van der Waals surface area contributed by atoms with Crippen LogP contribution in [0.2, 0.25) is 0 Å². The highest BCUT2D eigenvalue weighted by Crippen LogP contribution is 2.30. The molecule has 1 amide bonds. The third kappa shape index (κ3) is 3.82. The fraction of sp³-hybridized carbons (Fsp3) is 0.154. The fourth-order valence-electron chi connectivity index (χ4n) is 1.50. The molecule has 1 aromatic heterocycles. The van der Waals surface area contributed by atoms with Crippen molar-refractivity contribution in [3.63, 3.8) is 0 Å². The van der Waals surface area contributed by atoms with Crippen LogP contribution in [0.25, 0.3) is 10.2 Å². The number of hydrogen-bond donors (Lipinski definition) is 2. The third-order valence-corrected chi connectivity index (χ3v) is 4.32. The molecule has 7 heteroatoms. The molecule has 20 heavy (non-hydrogen) atoms. The summed E-state index contributed by atoms with van der Waals surface area (Å²) >= 11 is 3.25. The molecule has 0 bridgehead atoms. The molecule has 0 aliphatic heterocycles. The first kappa shape index (κ1) is 14.5. The van der Waals surface area contributed by atoms with Gasteiger partial charge in [0.15, 0.2) is 4.34 Å². The number of amides is 1. The van der Waals surface area contributed by atoms with Crippen molar-refractivity contribution in [1.82, 2.24) is 4.98 Å². The largest absolute Gasteiger partial charge is 0.478 e. The zero-order valence-corrected chi connectivity index (χ0v) is 12.3. The Balaban J connectivity index is 2.15. The molecule has 0 radical (unpaired) electrons. The maximum atomic E-state index is 11.5. The van der Waals surface area contributed by atoms with Crippen molar-refractivity contribution in [3.05, 3.63) is 30.4 Å². The number of carbonyl (C=O) groups is 2. The first-order valence-corrected chi connectivity index (χ1v) is 7.64. The Hall–Kier alpha value is -1.86. The van der Waals surface area contributed by atoms with Gasteiger partial charge in [0, 0.05) is 17.8 Å². The minimum Gasteiger partial charge on any atom is -0.478 e. The van der Waals surface area contributed by atoms with Gasteiger partial charge in [-0.2, -0.15) is 0 Å². The zero-order chi connectivity index (χ0) is 14.5. The van der Waals surface area contributed by atoms with Crippen molar-refractivity contribution in [2.24, 2.45) is 0 Å². The summed E-state index contributed by atoms with van der Waals surface area (Å²) in [6, 6.07) is 5.41. The van der Waals surface area contributed by atoms with Crippen LogP contribution in [0.15, 0.2) is 34.7 Å². The maximum absolute atomic E-state index is 11.5. The lowest BCUT2D eigenvalue weighted by atomic mass is 10.3. The minimum absolute atomic E-state index is 0.473. The van der Waals surface area contributed by atoms with E-state index in [4.69, 9.17) is 5.11 Å². The Kier molecular flexibility index (Phi) is 4.75.